The van der Waals surface area contributed by atoms with Gasteiger partial charge in [-0.25, -0.2) is 0 Å². The fourth-order valence-corrected chi connectivity index (χ4v) is 2.42. The fraction of sp³-hybridized carbons (Fsp3) is 0.300. The highest BCUT2D eigenvalue weighted by Gasteiger charge is 2.00. The van der Waals surface area contributed by atoms with Crippen molar-refractivity contribution in [1.29, 1.82) is 0 Å². The monoisotopic (exact) mass is 482 g/mol. The van der Waals surface area contributed by atoms with Gasteiger partial charge in [0, 0.05) is 20.1 Å². The number of nitrogens with zero attached hydrogens (tertiary/aromatic N) is 1. The molecular weight excluding hydrogens is 455 g/mol. The maximum atomic E-state index is 10.7. The summed E-state index contributed by atoms with van der Waals surface area (Å²) in [5.41, 5.74) is 7.53. The van der Waals surface area contributed by atoms with Gasteiger partial charge in [-0.05, 0) is 36.1 Å². The molecule has 0 aliphatic heterocycles. The Bertz CT molecular complexity index is 706. The van der Waals surface area contributed by atoms with Gasteiger partial charge in [0.05, 0.1) is 0 Å². The number of guanidine groups is 1. The minimum Gasteiger partial charge on any atom is -0.484 e. The number of nitrogens with one attached hydrogen (secondary N) is 2. The van der Waals surface area contributed by atoms with Crippen molar-refractivity contribution in [2.24, 2.45) is 10.7 Å². The summed E-state index contributed by atoms with van der Waals surface area (Å²) in [6.07, 6.45) is 1.81. The first-order chi connectivity index (χ1) is 12.7. The topological polar surface area (TPSA) is 88.7 Å². The summed E-state index contributed by atoms with van der Waals surface area (Å²) in [5.74, 6) is 0.950. The summed E-state index contributed by atoms with van der Waals surface area (Å²) in [4.78, 5) is 14.9. The van der Waals surface area contributed by atoms with Crippen LogP contribution in [0.25, 0.3) is 0 Å². The molecule has 0 saturated carbocycles. The number of carbonyl (C=O) groups is 1. The molecule has 0 aromatic heterocycles. The quantitative estimate of drug-likeness (QED) is 0.290. The molecule has 4 N–H and O–H groups in total. The molecule has 2 rings (SSSR count). The molecule has 0 atom stereocenters. The molecule has 7 heteroatoms. The van der Waals surface area contributed by atoms with Gasteiger partial charge >= 0.3 is 0 Å². The molecule has 0 spiro atoms. The van der Waals surface area contributed by atoms with E-state index in [-0.39, 0.29) is 30.6 Å². The van der Waals surface area contributed by atoms with Crippen molar-refractivity contribution in [1.82, 2.24) is 10.6 Å². The third-order valence-corrected chi connectivity index (χ3v) is 3.78. The van der Waals surface area contributed by atoms with Crippen LogP contribution in [-0.2, 0) is 17.6 Å². The lowest BCUT2D eigenvalue weighted by atomic mass is 10.1. The van der Waals surface area contributed by atoms with Crippen molar-refractivity contribution >= 4 is 35.8 Å². The second kappa shape index (κ2) is 13.0. The van der Waals surface area contributed by atoms with Crippen LogP contribution in [0.4, 0.5) is 0 Å². The Morgan fingerprint density at radius 2 is 1.52 bits per heavy atom. The zero-order chi connectivity index (χ0) is 18.6. The Morgan fingerprint density at radius 3 is 2.04 bits per heavy atom. The van der Waals surface area contributed by atoms with Crippen LogP contribution >= 0.6 is 24.0 Å². The Hall–Kier alpha value is -2.29. The molecule has 0 fully saturated rings. The molecule has 2 aromatic rings. The molecule has 146 valence electrons. The van der Waals surface area contributed by atoms with E-state index in [1.165, 1.54) is 11.1 Å². The number of ether oxygens (including phenoxy) is 1. The smallest absolute Gasteiger partial charge is 0.255 e. The second-order valence-electron chi connectivity index (χ2n) is 5.81. The molecule has 0 aliphatic carbocycles. The molecule has 27 heavy (non-hydrogen) atoms. The highest BCUT2D eigenvalue weighted by atomic mass is 127. The van der Waals surface area contributed by atoms with Crippen LogP contribution in [0.3, 0.4) is 0 Å². The maximum absolute atomic E-state index is 10.7. The average Bonchev–Trinajstić information content (AvgIpc) is 2.67. The zero-order valence-corrected chi connectivity index (χ0v) is 17.8. The van der Waals surface area contributed by atoms with Crippen molar-refractivity contribution in [3.63, 3.8) is 0 Å². The number of amides is 1. The number of halogens is 1. The summed E-state index contributed by atoms with van der Waals surface area (Å²) in [6, 6.07) is 18.0. The fourth-order valence-electron chi connectivity index (χ4n) is 2.42. The van der Waals surface area contributed by atoms with E-state index in [4.69, 9.17) is 10.5 Å². The molecule has 0 bridgehead atoms. The molecule has 0 unspecified atom stereocenters. The molecule has 0 radical (unpaired) electrons. The van der Waals surface area contributed by atoms with Crippen molar-refractivity contribution in [2.45, 2.75) is 12.8 Å². The van der Waals surface area contributed by atoms with E-state index in [2.05, 4.69) is 27.8 Å². The van der Waals surface area contributed by atoms with Crippen LogP contribution in [0.1, 0.15) is 11.1 Å². The molecule has 0 heterocycles. The standard InChI is InChI=1S/C20H26N4O2.HI/c1-22-20(23-13-11-16-5-3-2-4-6-16)24-14-12-17-7-9-18(10-8-17)26-15-19(21)25;/h2-10H,11-15H2,1H3,(H2,21,25)(H2,22,23,24);1H. The summed E-state index contributed by atoms with van der Waals surface area (Å²) in [7, 11) is 1.77. The van der Waals surface area contributed by atoms with Gasteiger partial charge in [0.15, 0.2) is 12.6 Å². The van der Waals surface area contributed by atoms with Gasteiger partial charge in [0.2, 0.25) is 0 Å². The number of carbonyl (C=O) groups excluding carboxylic acids is 1. The van der Waals surface area contributed by atoms with Crippen LogP contribution in [0.5, 0.6) is 5.75 Å². The van der Waals surface area contributed by atoms with E-state index in [0.29, 0.717) is 5.75 Å². The number of benzene rings is 2. The van der Waals surface area contributed by atoms with Crippen molar-refractivity contribution in [2.75, 3.05) is 26.7 Å². The lowest BCUT2D eigenvalue weighted by Gasteiger charge is -2.12. The van der Waals surface area contributed by atoms with E-state index in [1.54, 1.807) is 7.05 Å². The van der Waals surface area contributed by atoms with Gasteiger partial charge in [-0.15, -0.1) is 24.0 Å². The molecule has 0 saturated heterocycles. The van der Waals surface area contributed by atoms with E-state index in [0.717, 1.165) is 31.9 Å². The van der Waals surface area contributed by atoms with Crippen LogP contribution in [0, 0.1) is 0 Å². The van der Waals surface area contributed by atoms with E-state index >= 15 is 0 Å². The summed E-state index contributed by atoms with van der Waals surface area (Å²) < 4.78 is 5.24. The van der Waals surface area contributed by atoms with E-state index in [9.17, 15) is 4.79 Å². The van der Waals surface area contributed by atoms with Crippen LogP contribution < -0.4 is 21.1 Å². The van der Waals surface area contributed by atoms with Crippen molar-refractivity contribution in [3.8, 4) is 5.75 Å². The predicted octanol–water partition coefficient (Wildman–Crippen LogP) is 2.12. The van der Waals surface area contributed by atoms with E-state index < -0.39 is 5.91 Å². The third-order valence-electron chi connectivity index (χ3n) is 3.78. The van der Waals surface area contributed by atoms with Gasteiger partial charge in [0.25, 0.3) is 5.91 Å². The predicted molar refractivity (Wildman–Crippen MR) is 120 cm³/mol. The van der Waals surface area contributed by atoms with Gasteiger partial charge in [-0.3, -0.25) is 9.79 Å². The largest absolute Gasteiger partial charge is 0.484 e. The highest BCUT2D eigenvalue weighted by Crippen LogP contribution is 2.12. The number of primary amides is 1. The summed E-state index contributed by atoms with van der Waals surface area (Å²) in [5, 5.41) is 6.62. The molecule has 1 amide bonds. The SMILES string of the molecule is CN=C(NCCc1ccccc1)NCCc1ccc(OCC(N)=O)cc1.I. The number of rotatable bonds is 9. The van der Waals surface area contributed by atoms with Crippen molar-refractivity contribution < 1.29 is 9.53 Å². The lowest BCUT2D eigenvalue weighted by Crippen LogP contribution is -2.39. The van der Waals surface area contributed by atoms with Gasteiger partial charge in [-0.1, -0.05) is 42.5 Å². The highest BCUT2D eigenvalue weighted by molar-refractivity contribution is 14.0. The summed E-state index contributed by atoms with van der Waals surface area (Å²) >= 11 is 0. The Labute approximate surface area is 177 Å². The second-order valence-corrected chi connectivity index (χ2v) is 5.81. The minimum atomic E-state index is -0.482. The molecular formula is C20H27IN4O2. The van der Waals surface area contributed by atoms with Crippen LogP contribution in [-0.4, -0.2) is 38.6 Å². The molecule has 2 aromatic carbocycles. The Kier molecular flexibility index (Phi) is 10.9. The number of aliphatic imine (C=N–C) groups is 1. The minimum absolute atomic E-state index is 0. The number of hydrogen-bond acceptors (Lipinski definition) is 3. The van der Waals surface area contributed by atoms with Gasteiger partial charge in [0.1, 0.15) is 5.75 Å². The third kappa shape index (κ3) is 9.28. The first-order valence-electron chi connectivity index (χ1n) is 8.66. The molecule has 6 nitrogen and oxygen atoms in total. The van der Waals surface area contributed by atoms with Gasteiger partial charge in [-0.2, -0.15) is 0 Å². The maximum Gasteiger partial charge on any atom is 0.255 e. The number of hydrogen-bond donors (Lipinski definition) is 3. The molecule has 0 aliphatic rings. The summed E-state index contributed by atoms with van der Waals surface area (Å²) in [6.45, 7) is 1.49. The Balaban J connectivity index is 0.00000364. The number of nitrogens with two attached hydrogens (primary N) is 1. The Morgan fingerprint density at radius 1 is 0.963 bits per heavy atom. The van der Waals surface area contributed by atoms with Crippen LogP contribution in [0.15, 0.2) is 59.6 Å². The van der Waals surface area contributed by atoms with Crippen molar-refractivity contribution in [3.05, 3.63) is 65.7 Å². The van der Waals surface area contributed by atoms with Gasteiger partial charge < -0.3 is 21.1 Å². The zero-order valence-electron chi connectivity index (χ0n) is 15.5. The van der Waals surface area contributed by atoms with Crippen LogP contribution in [0.2, 0.25) is 0 Å². The average molecular weight is 482 g/mol. The van der Waals surface area contributed by atoms with E-state index in [1.807, 2.05) is 42.5 Å². The first-order valence-corrected chi connectivity index (χ1v) is 8.66. The normalized spacial score (nSPS) is 10.6. The first kappa shape index (κ1) is 22.8. The lowest BCUT2D eigenvalue weighted by molar-refractivity contribution is -0.119.